The summed E-state index contributed by atoms with van der Waals surface area (Å²) in [7, 11) is 0. The molecule has 7 N–H and O–H groups in total. The van der Waals surface area contributed by atoms with Crippen molar-refractivity contribution in [2.75, 3.05) is 11.5 Å². The van der Waals surface area contributed by atoms with Crippen LogP contribution in [0.15, 0.2) is 84.9 Å². The highest BCUT2D eigenvalue weighted by atomic mass is 16.3. The van der Waals surface area contributed by atoms with Crippen LogP contribution in [0.4, 0.5) is 11.4 Å². The van der Waals surface area contributed by atoms with E-state index in [2.05, 4.69) is 11.1 Å². The molecule has 5 aromatic rings. The second-order valence-electron chi connectivity index (χ2n) is 7.01. The number of aromatic amines is 1. The van der Waals surface area contributed by atoms with Crippen molar-refractivity contribution in [3.63, 3.8) is 0 Å². The number of carbonyl (C=O) groups excluding carboxylic acids is 2. The molecule has 7 nitrogen and oxygen atoms in total. The third-order valence-corrected chi connectivity index (χ3v) is 4.88. The third-order valence-electron chi connectivity index (χ3n) is 4.88. The van der Waals surface area contributed by atoms with Crippen molar-refractivity contribution in [3.8, 4) is 11.5 Å². The Morgan fingerprint density at radius 3 is 1.67 bits per heavy atom. The van der Waals surface area contributed by atoms with E-state index in [1.165, 1.54) is 17.5 Å². The van der Waals surface area contributed by atoms with Gasteiger partial charge in [0.25, 0.3) is 0 Å². The molecule has 7 heteroatoms. The third kappa shape index (κ3) is 5.29. The van der Waals surface area contributed by atoms with Crippen LogP contribution in [-0.2, 0) is 0 Å². The Morgan fingerprint density at radius 2 is 1.15 bits per heavy atom. The van der Waals surface area contributed by atoms with Crippen LogP contribution in [0.3, 0.4) is 0 Å². The van der Waals surface area contributed by atoms with E-state index in [0.29, 0.717) is 35.1 Å². The summed E-state index contributed by atoms with van der Waals surface area (Å²) in [6.45, 7) is 0. The summed E-state index contributed by atoms with van der Waals surface area (Å²) < 4.78 is 0. The number of benzene rings is 4. The molecule has 1 aromatic heterocycles. The zero-order valence-electron chi connectivity index (χ0n) is 17.6. The van der Waals surface area contributed by atoms with E-state index >= 15 is 0 Å². The SMILES string of the molecule is Nc1ccc2c([nH]c3ccccc32)c1N.O=Cc1ccccc1O.O=Cc1ccccc1O. The molecule has 0 aliphatic rings. The Bertz CT molecular complexity index is 1360. The van der Waals surface area contributed by atoms with Crippen molar-refractivity contribution in [1.29, 1.82) is 0 Å². The fraction of sp³-hybridized carbons (Fsp3) is 0. The van der Waals surface area contributed by atoms with Crippen molar-refractivity contribution in [2.24, 2.45) is 0 Å². The highest BCUT2D eigenvalue weighted by Gasteiger charge is 2.07. The van der Waals surface area contributed by atoms with E-state index in [1.807, 2.05) is 30.3 Å². The summed E-state index contributed by atoms with van der Waals surface area (Å²) in [5.74, 6) is 0.0694. The van der Waals surface area contributed by atoms with Gasteiger partial charge in [-0.2, -0.15) is 0 Å². The maximum absolute atomic E-state index is 10.1. The lowest BCUT2D eigenvalue weighted by molar-refractivity contribution is 0.111. The molecular formula is C26H23N3O4. The lowest BCUT2D eigenvalue weighted by atomic mass is 10.1. The second kappa shape index (κ2) is 10.5. The summed E-state index contributed by atoms with van der Waals surface area (Å²) in [6.07, 6.45) is 1.24. The molecule has 5 rings (SSSR count). The monoisotopic (exact) mass is 441 g/mol. The predicted molar refractivity (Wildman–Crippen MR) is 132 cm³/mol. The number of phenols is 2. The van der Waals surface area contributed by atoms with Gasteiger partial charge in [-0.15, -0.1) is 0 Å². The minimum absolute atomic E-state index is 0.0347. The molecule has 0 bridgehead atoms. The average Bonchev–Trinajstić information content (AvgIpc) is 3.22. The molecule has 1 heterocycles. The molecular weight excluding hydrogens is 418 g/mol. The number of carbonyl (C=O) groups is 2. The molecule has 0 fully saturated rings. The second-order valence-corrected chi connectivity index (χ2v) is 7.01. The van der Waals surface area contributed by atoms with Gasteiger partial charge < -0.3 is 26.7 Å². The van der Waals surface area contributed by atoms with Gasteiger partial charge in [0.1, 0.15) is 11.5 Å². The number of nitrogen functional groups attached to an aromatic ring is 2. The summed E-state index contributed by atoms with van der Waals surface area (Å²) in [6, 6.07) is 24.8. The lowest BCUT2D eigenvalue weighted by Gasteiger charge is -2.00. The predicted octanol–water partition coefficient (Wildman–Crippen LogP) is 4.89. The number of hydrogen-bond acceptors (Lipinski definition) is 6. The molecule has 33 heavy (non-hydrogen) atoms. The first-order chi connectivity index (χ1) is 16.0. The number of nitrogens with one attached hydrogen (secondary N) is 1. The van der Waals surface area contributed by atoms with Crippen molar-refractivity contribution < 1.29 is 19.8 Å². The number of hydrogen-bond donors (Lipinski definition) is 5. The number of aldehydes is 2. The molecule has 0 radical (unpaired) electrons. The maximum Gasteiger partial charge on any atom is 0.153 e. The first-order valence-electron chi connectivity index (χ1n) is 9.97. The molecule has 0 unspecified atom stereocenters. The van der Waals surface area contributed by atoms with Crippen LogP contribution >= 0.6 is 0 Å². The van der Waals surface area contributed by atoms with E-state index in [1.54, 1.807) is 36.4 Å². The summed E-state index contributed by atoms with van der Waals surface area (Å²) in [5.41, 5.74) is 15.6. The van der Waals surface area contributed by atoms with Crippen LogP contribution in [0.1, 0.15) is 20.7 Å². The number of fused-ring (bicyclic) bond motifs is 3. The number of H-pyrrole nitrogens is 1. The first-order valence-corrected chi connectivity index (χ1v) is 9.97. The highest BCUT2D eigenvalue weighted by Crippen LogP contribution is 2.31. The Morgan fingerprint density at radius 1 is 0.636 bits per heavy atom. The van der Waals surface area contributed by atoms with Crippen molar-refractivity contribution in [3.05, 3.63) is 96.1 Å². The van der Waals surface area contributed by atoms with Crippen LogP contribution in [0.5, 0.6) is 11.5 Å². The summed E-state index contributed by atoms with van der Waals surface area (Å²) in [4.78, 5) is 23.4. The zero-order valence-corrected chi connectivity index (χ0v) is 17.6. The normalized spacial score (nSPS) is 9.94. The number of nitrogens with two attached hydrogens (primary N) is 2. The average molecular weight is 441 g/mol. The molecule has 0 spiro atoms. The minimum Gasteiger partial charge on any atom is -0.507 e. The van der Waals surface area contributed by atoms with E-state index in [9.17, 15) is 9.59 Å². The first kappa shape index (κ1) is 22.9. The van der Waals surface area contributed by atoms with Crippen LogP contribution in [0.2, 0.25) is 0 Å². The van der Waals surface area contributed by atoms with Gasteiger partial charge in [0.05, 0.1) is 28.0 Å². The van der Waals surface area contributed by atoms with Gasteiger partial charge in [-0.3, -0.25) is 9.59 Å². The van der Waals surface area contributed by atoms with E-state index in [0.717, 1.165) is 16.4 Å². The lowest BCUT2D eigenvalue weighted by Crippen LogP contribution is -1.94. The quantitative estimate of drug-likeness (QED) is 0.195. The summed E-state index contributed by atoms with van der Waals surface area (Å²) >= 11 is 0. The Hall–Kier alpha value is -4.78. The largest absolute Gasteiger partial charge is 0.507 e. The smallest absolute Gasteiger partial charge is 0.153 e. The molecule has 0 saturated heterocycles. The van der Waals surface area contributed by atoms with Crippen molar-refractivity contribution >= 4 is 45.8 Å². The number of phenolic OH excluding ortho intramolecular Hbond substituents is 2. The van der Waals surface area contributed by atoms with Gasteiger partial charge in [-0.1, -0.05) is 48.5 Å². The zero-order chi connectivity index (χ0) is 23.8. The van der Waals surface area contributed by atoms with Gasteiger partial charge in [-0.25, -0.2) is 0 Å². The van der Waals surface area contributed by atoms with Crippen LogP contribution < -0.4 is 11.5 Å². The van der Waals surface area contributed by atoms with Crippen LogP contribution in [0.25, 0.3) is 21.8 Å². The summed E-state index contributed by atoms with van der Waals surface area (Å²) in [5, 5.41) is 20.1. The fourth-order valence-electron chi connectivity index (χ4n) is 3.13. The number of aromatic hydroxyl groups is 2. The van der Waals surface area contributed by atoms with E-state index < -0.39 is 0 Å². The maximum atomic E-state index is 10.1. The molecule has 166 valence electrons. The standard InChI is InChI=1S/C12H11N3.2C7H6O2/c13-9-6-5-8-7-3-1-2-4-10(7)15-12(8)11(9)14;2*8-5-6-3-1-2-4-7(6)9/h1-6,15H,13-14H2;2*1-5,9H. The molecule has 0 aliphatic heterocycles. The number of anilines is 2. The van der Waals surface area contributed by atoms with Crippen molar-refractivity contribution in [2.45, 2.75) is 0 Å². The minimum atomic E-state index is 0.0347. The van der Waals surface area contributed by atoms with Gasteiger partial charge >= 0.3 is 0 Å². The van der Waals surface area contributed by atoms with Crippen LogP contribution in [-0.4, -0.2) is 27.8 Å². The number of aromatic nitrogens is 1. The highest BCUT2D eigenvalue weighted by molar-refractivity contribution is 6.12. The Kier molecular flexibility index (Phi) is 7.28. The topological polar surface area (TPSA) is 142 Å². The van der Waals surface area contributed by atoms with Gasteiger partial charge in [0, 0.05) is 16.3 Å². The van der Waals surface area contributed by atoms with Gasteiger partial charge in [-0.05, 0) is 36.4 Å². The fourth-order valence-corrected chi connectivity index (χ4v) is 3.13. The van der Waals surface area contributed by atoms with Gasteiger partial charge in [0.2, 0.25) is 0 Å². The van der Waals surface area contributed by atoms with E-state index in [-0.39, 0.29) is 11.5 Å². The Balaban J connectivity index is 0.000000148. The number of para-hydroxylation sites is 3. The molecule has 4 aromatic carbocycles. The number of rotatable bonds is 2. The molecule has 0 atom stereocenters. The van der Waals surface area contributed by atoms with Crippen LogP contribution in [0, 0.1) is 0 Å². The Labute approximate surface area is 189 Å². The van der Waals surface area contributed by atoms with E-state index in [4.69, 9.17) is 21.7 Å². The molecule has 0 amide bonds. The molecule has 0 aliphatic carbocycles. The van der Waals surface area contributed by atoms with Crippen molar-refractivity contribution in [1.82, 2.24) is 4.98 Å². The van der Waals surface area contributed by atoms with Gasteiger partial charge in [0.15, 0.2) is 12.6 Å². The molecule has 0 saturated carbocycles.